The molecule has 1 heterocycles. The lowest BCUT2D eigenvalue weighted by atomic mass is 9.77. The van der Waals surface area contributed by atoms with Gasteiger partial charge in [-0.05, 0) is 137 Å². The number of allylic oxidation sites excluding steroid dienone is 4. The SMILES string of the molecule is C1=CC(c2c(-c3ccccc3)cc(-c3cccc(-c4c5ccccc5c(-c5ccc(-c6ccccn6)cc5)c5ccccc45)c3)c(-c3ccccc3)c2-c2ccccc2)=CCC1. The van der Waals surface area contributed by atoms with Crippen LogP contribution in [0, 0.1) is 0 Å². The maximum Gasteiger partial charge on any atom is 0.0701 e. The molecule has 1 heteroatoms. The number of hydrogen-bond donors (Lipinski definition) is 0. The third-order valence-corrected chi connectivity index (χ3v) is 12.3. The minimum atomic E-state index is 0.976. The fourth-order valence-electron chi connectivity index (χ4n) is 9.59. The van der Waals surface area contributed by atoms with E-state index in [-0.39, 0.29) is 0 Å². The lowest BCUT2D eigenvalue weighted by Crippen LogP contribution is -2.01. The Labute approximate surface area is 363 Å². The minimum Gasteiger partial charge on any atom is -0.256 e. The van der Waals surface area contributed by atoms with Crippen LogP contribution in [-0.4, -0.2) is 4.98 Å². The molecule has 9 aromatic carbocycles. The van der Waals surface area contributed by atoms with Crippen LogP contribution in [0.25, 0.3) is 105 Å². The standard InChI is InChI=1S/C61H43N/c1-5-20-42(21-6-1)54-41-55(60(45-24-9-3-10-25-45)61(46-26-11-4-12-27-46)59(54)44-22-7-2-8-23-44)48-28-19-29-49(40-48)58-52-32-15-13-30-50(52)57(51-31-14-16-33-53(51)58)47-37-35-43(36-38-47)56-34-17-18-39-62-56/h1,3-7,9-41H,2,8H2. The van der Waals surface area contributed by atoms with Crippen LogP contribution >= 0.6 is 0 Å². The quantitative estimate of drug-likeness (QED) is 0.140. The first kappa shape index (κ1) is 37.2. The molecular formula is C61H43N. The number of fused-ring (bicyclic) bond motifs is 2. The van der Waals surface area contributed by atoms with E-state index in [2.05, 4.69) is 223 Å². The molecule has 0 fully saturated rings. The van der Waals surface area contributed by atoms with Crippen molar-refractivity contribution in [3.8, 4) is 78.0 Å². The molecule has 1 aromatic heterocycles. The van der Waals surface area contributed by atoms with Gasteiger partial charge in [0, 0.05) is 11.8 Å². The van der Waals surface area contributed by atoms with E-state index in [1.165, 1.54) is 99.4 Å². The molecule has 1 aliphatic rings. The normalized spacial score (nSPS) is 12.4. The van der Waals surface area contributed by atoms with Gasteiger partial charge in [-0.25, -0.2) is 0 Å². The van der Waals surface area contributed by atoms with E-state index in [0.29, 0.717) is 0 Å². The number of hydrogen-bond acceptors (Lipinski definition) is 1. The minimum absolute atomic E-state index is 0.976. The van der Waals surface area contributed by atoms with Crippen molar-refractivity contribution < 1.29 is 0 Å². The van der Waals surface area contributed by atoms with Gasteiger partial charge < -0.3 is 0 Å². The van der Waals surface area contributed by atoms with E-state index >= 15 is 0 Å². The highest BCUT2D eigenvalue weighted by molar-refractivity contribution is 6.21. The van der Waals surface area contributed by atoms with Crippen molar-refractivity contribution in [1.82, 2.24) is 4.98 Å². The first-order valence-electron chi connectivity index (χ1n) is 21.6. The summed E-state index contributed by atoms with van der Waals surface area (Å²) in [4.78, 5) is 4.61. The van der Waals surface area contributed by atoms with Crippen molar-refractivity contribution >= 4 is 27.1 Å². The zero-order valence-corrected chi connectivity index (χ0v) is 34.4. The van der Waals surface area contributed by atoms with Gasteiger partial charge in [-0.3, -0.25) is 4.98 Å². The molecule has 0 N–H and O–H groups in total. The summed E-state index contributed by atoms with van der Waals surface area (Å²) in [7, 11) is 0. The van der Waals surface area contributed by atoms with Crippen molar-refractivity contribution in [2.24, 2.45) is 0 Å². The highest BCUT2D eigenvalue weighted by Gasteiger charge is 2.25. The predicted molar refractivity (Wildman–Crippen MR) is 264 cm³/mol. The second-order valence-corrected chi connectivity index (χ2v) is 16.0. The molecule has 0 radical (unpaired) electrons. The molecule has 0 atom stereocenters. The summed E-state index contributed by atoms with van der Waals surface area (Å²) in [5.41, 5.74) is 19.2. The van der Waals surface area contributed by atoms with Gasteiger partial charge in [0.15, 0.2) is 0 Å². The molecule has 292 valence electrons. The highest BCUT2D eigenvalue weighted by Crippen LogP contribution is 2.50. The second-order valence-electron chi connectivity index (χ2n) is 16.0. The van der Waals surface area contributed by atoms with Crippen LogP contribution < -0.4 is 0 Å². The molecule has 0 saturated heterocycles. The van der Waals surface area contributed by atoms with E-state index in [9.17, 15) is 0 Å². The third kappa shape index (κ3) is 6.75. The monoisotopic (exact) mass is 789 g/mol. The van der Waals surface area contributed by atoms with Gasteiger partial charge in [0.1, 0.15) is 0 Å². The number of nitrogens with zero attached hydrogens (tertiary/aromatic N) is 1. The Bertz CT molecular complexity index is 3230. The molecule has 62 heavy (non-hydrogen) atoms. The molecule has 0 spiro atoms. The summed E-state index contributed by atoms with van der Waals surface area (Å²) in [6.45, 7) is 0. The number of rotatable bonds is 8. The second kappa shape index (κ2) is 16.3. The van der Waals surface area contributed by atoms with E-state index in [0.717, 1.165) is 24.1 Å². The Hall–Kier alpha value is -7.87. The van der Waals surface area contributed by atoms with Crippen molar-refractivity contribution in [2.45, 2.75) is 12.8 Å². The van der Waals surface area contributed by atoms with Crippen molar-refractivity contribution in [2.75, 3.05) is 0 Å². The molecular weight excluding hydrogens is 747 g/mol. The molecule has 0 unspecified atom stereocenters. The fourth-order valence-corrected chi connectivity index (χ4v) is 9.59. The maximum absolute atomic E-state index is 4.61. The smallest absolute Gasteiger partial charge is 0.0701 e. The van der Waals surface area contributed by atoms with Gasteiger partial charge in [-0.2, -0.15) is 0 Å². The first-order valence-corrected chi connectivity index (χ1v) is 21.6. The molecule has 0 aliphatic heterocycles. The summed E-state index contributed by atoms with van der Waals surface area (Å²) in [6.07, 6.45) is 11.0. The largest absolute Gasteiger partial charge is 0.256 e. The zero-order valence-electron chi connectivity index (χ0n) is 34.4. The summed E-state index contributed by atoms with van der Waals surface area (Å²) in [5.74, 6) is 0. The van der Waals surface area contributed by atoms with Crippen LogP contribution in [0.4, 0.5) is 0 Å². The summed E-state index contributed by atoms with van der Waals surface area (Å²) >= 11 is 0. The van der Waals surface area contributed by atoms with Gasteiger partial charge in [-0.1, -0.05) is 206 Å². The number of pyridine rings is 1. The fraction of sp³-hybridized carbons (Fsp3) is 0.0328. The van der Waals surface area contributed by atoms with Crippen molar-refractivity contribution in [1.29, 1.82) is 0 Å². The van der Waals surface area contributed by atoms with Crippen LogP contribution in [0.1, 0.15) is 18.4 Å². The first-order chi connectivity index (χ1) is 30.8. The molecule has 0 amide bonds. The van der Waals surface area contributed by atoms with Crippen LogP contribution in [0.5, 0.6) is 0 Å². The van der Waals surface area contributed by atoms with E-state index in [4.69, 9.17) is 0 Å². The molecule has 11 rings (SSSR count). The van der Waals surface area contributed by atoms with E-state index in [1.54, 1.807) is 0 Å². The zero-order chi connectivity index (χ0) is 41.2. The number of benzene rings is 9. The summed E-state index contributed by atoms with van der Waals surface area (Å²) in [5, 5.41) is 4.93. The van der Waals surface area contributed by atoms with Gasteiger partial charge in [-0.15, -0.1) is 0 Å². The van der Waals surface area contributed by atoms with Crippen LogP contribution in [0.2, 0.25) is 0 Å². The van der Waals surface area contributed by atoms with Gasteiger partial charge >= 0.3 is 0 Å². The summed E-state index contributed by atoms with van der Waals surface area (Å²) < 4.78 is 0. The van der Waals surface area contributed by atoms with Crippen molar-refractivity contribution in [3.05, 3.63) is 242 Å². The van der Waals surface area contributed by atoms with Crippen LogP contribution in [0.3, 0.4) is 0 Å². The molecule has 0 bridgehead atoms. The lowest BCUT2D eigenvalue weighted by Gasteiger charge is -2.26. The van der Waals surface area contributed by atoms with Gasteiger partial charge in [0.05, 0.1) is 5.69 Å². The Morgan fingerprint density at radius 3 is 1.37 bits per heavy atom. The Balaban J connectivity index is 1.18. The molecule has 1 aliphatic carbocycles. The van der Waals surface area contributed by atoms with Gasteiger partial charge in [0.2, 0.25) is 0 Å². The topological polar surface area (TPSA) is 12.9 Å². The average Bonchev–Trinajstić information content (AvgIpc) is 3.36. The highest BCUT2D eigenvalue weighted by atomic mass is 14.7. The van der Waals surface area contributed by atoms with Gasteiger partial charge in [0.25, 0.3) is 0 Å². The molecule has 0 saturated carbocycles. The Morgan fingerprint density at radius 1 is 0.306 bits per heavy atom. The Morgan fingerprint density at radius 2 is 0.790 bits per heavy atom. The summed E-state index contributed by atoms with van der Waals surface area (Å²) in [6, 6.07) is 77.5. The average molecular weight is 790 g/mol. The molecule has 10 aromatic rings. The van der Waals surface area contributed by atoms with E-state index in [1.807, 2.05) is 18.3 Å². The maximum atomic E-state index is 4.61. The predicted octanol–water partition coefficient (Wildman–Crippen LogP) is 16.8. The lowest BCUT2D eigenvalue weighted by molar-refractivity contribution is 1.04. The third-order valence-electron chi connectivity index (χ3n) is 12.3. The van der Waals surface area contributed by atoms with E-state index < -0.39 is 0 Å². The molecule has 1 nitrogen and oxygen atoms in total. The van der Waals surface area contributed by atoms with Crippen LogP contribution in [-0.2, 0) is 0 Å². The van der Waals surface area contributed by atoms with Crippen molar-refractivity contribution in [3.63, 3.8) is 0 Å². The Kier molecular flexibility index (Phi) is 9.76. The number of aromatic nitrogens is 1. The van der Waals surface area contributed by atoms with Crippen LogP contribution in [0.15, 0.2) is 237 Å².